The molecule has 0 aliphatic rings. The molecule has 0 saturated heterocycles. The van der Waals surface area contributed by atoms with Crippen molar-refractivity contribution in [1.82, 2.24) is 9.97 Å². The average molecular weight is 256 g/mol. The molecule has 0 fully saturated rings. The van der Waals surface area contributed by atoms with Gasteiger partial charge in [-0.3, -0.25) is 0 Å². The number of nitrogens with zero attached hydrogens (tertiary/aromatic N) is 2. The van der Waals surface area contributed by atoms with E-state index in [4.69, 9.17) is 4.74 Å². The van der Waals surface area contributed by atoms with E-state index in [2.05, 4.69) is 27.5 Å². The van der Waals surface area contributed by atoms with Crippen molar-refractivity contribution in [1.29, 1.82) is 0 Å². The highest BCUT2D eigenvalue weighted by Crippen LogP contribution is 2.11. The Balaban J connectivity index is 2.34. The van der Waals surface area contributed by atoms with Gasteiger partial charge in [0, 0.05) is 19.7 Å². The molecule has 1 rings (SSSR count). The number of nitrogens with one attached hydrogen (secondary N) is 2. The van der Waals surface area contributed by atoms with Crippen LogP contribution in [0, 0.1) is 5.82 Å². The quantitative estimate of drug-likeness (QED) is 0.664. The third kappa shape index (κ3) is 5.27. The van der Waals surface area contributed by atoms with Gasteiger partial charge in [0.15, 0.2) is 11.6 Å². The van der Waals surface area contributed by atoms with Crippen LogP contribution in [-0.2, 0) is 4.74 Å². The number of hydrogen-bond donors (Lipinski definition) is 2. The Bertz CT molecular complexity index is 349. The zero-order valence-corrected chi connectivity index (χ0v) is 11.0. The van der Waals surface area contributed by atoms with Crippen LogP contribution in [0.1, 0.15) is 26.7 Å². The lowest BCUT2D eigenvalue weighted by Gasteiger charge is -2.08. The molecule has 0 amide bonds. The molecule has 0 unspecified atom stereocenters. The van der Waals surface area contributed by atoms with E-state index < -0.39 is 5.82 Å². The highest BCUT2D eigenvalue weighted by Gasteiger charge is 2.05. The van der Waals surface area contributed by atoms with E-state index in [9.17, 15) is 4.39 Å². The lowest BCUT2D eigenvalue weighted by atomic mass is 10.4. The van der Waals surface area contributed by atoms with Crippen LogP contribution < -0.4 is 10.6 Å². The molecule has 102 valence electrons. The molecule has 1 aromatic heterocycles. The van der Waals surface area contributed by atoms with Gasteiger partial charge in [-0.1, -0.05) is 13.3 Å². The largest absolute Gasteiger partial charge is 0.380 e. The van der Waals surface area contributed by atoms with Crippen LogP contribution >= 0.6 is 0 Å². The van der Waals surface area contributed by atoms with Crippen LogP contribution in [0.5, 0.6) is 0 Å². The SMILES string of the molecule is CCCCOCCNc1nc(NCC)ncc1F. The first-order valence-electron chi connectivity index (χ1n) is 6.36. The van der Waals surface area contributed by atoms with Crippen LogP contribution in [0.4, 0.5) is 16.2 Å². The van der Waals surface area contributed by atoms with Gasteiger partial charge >= 0.3 is 0 Å². The molecule has 0 atom stereocenters. The third-order valence-corrected chi connectivity index (χ3v) is 2.26. The van der Waals surface area contributed by atoms with Gasteiger partial charge in [0.05, 0.1) is 12.8 Å². The zero-order chi connectivity index (χ0) is 13.2. The average Bonchev–Trinajstić information content (AvgIpc) is 2.37. The summed E-state index contributed by atoms with van der Waals surface area (Å²) in [6, 6.07) is 0. The molecule has 0 aromatic carbocycles. The van der Waals surface area contributed by atoms with Crippen LogP contribution in [0.3, 0.4) is 0 Å². The second-order valence-corrected chi connectivity index (χ2v) is 3.81. The lowest BCUT2D eigenvalue weighted by molar-refractivity contribution is 0.141. The number of halogens is 1. The minimum absolute atomic E-state index is 0.208. The normalized spacial score (nSPS) is 10.4. The first-order chi connectivity index (χ1) is 8.77. The Morgan fingerprint density at radius 1 is 1.28 bits per heavy atom. The molecule has 1 heterocycles. The number of hydrogen-bond acceptors (Lipinski definition) is 5. The van der Waals surface area contributed by atoms with Gasteiger partial charge in [-0.15, -0.1) is 0 Å². The van der Waals surface area contributed by atoms with Crippen molar-refractivity contribution in [3.8, 4) is 0 Å². The summed E-state index contributed by atoms with van der Waals surface area (Å²) in [7, 11) is 0. The number of ether oxygens (including phenoxy) is 1. The Kier molecular flexibility index (Phi) is 7.01. The van der Waals surface area contributed by atoms with E-state index in [1.54, 1.807) is 0 Å². The van der Waals surface area contributed by atoms with Crippen molar-refractivity contribution >= 4 is 11.8 Å². The second kappa shape index (κ2) is 8.63. The Morgan fingerprint density at radius 3 is 2.83 bits per heavy atom. The first-order valence-corrected chi connectivity index (χ1v) is 6.36. The van der Waals surface area contributed by atoms with Crippen molar-refractivity contribution in [3.63, 3.8) is 0 Å². The van der Waals surface area contributed by atoms with Crippen LogP contribution in [0.25, 0.3) is 0 Å². The maximum atomic E-state index is 13.4. The van der Waals surface area contributed by atoms with Gasteiger partial charge in [0.25, 0.3) is 0 Å². The first kappa shape index (κ1) is 14.6. The molecule has 0 aliphatic heterocycles. The van der Waals surface area contributed by atoms with E-state index in [-0.39, 0.29) is 5.82 Å². The van der Waals surface area contributed by atoms with Crippen molar-refractivity contribution in [2.24, 2.45) is 0 Å². The maximum Gasteiger partial charge on any atom is 0.224 e. The van der Waals surface area contributed by atoms with E-state index in [0.29, 0.717) is 25.6 Å². The van der Waals surface area contributed by atoms with E-state index in [1.165, 1.54) is 0 Å². The van der Waals surface area contributed by atoms with E-state index >= 15 is 0 Å². The highest BCUT2D eigenvalue weighted by molar-refractivity contribution is 5.40. The standard InChI is InChI=1S/C12H21FN4O/c1-3-5-7-18-8-6-15-11-10(13)9-16-12(17-11)14-4-2/h9H,3-8H2,1-2H3,(H2,14,15,16,17). The Hall–Kier alpha value is -1.43. The van der Waals surface area contributed by atoms with Crippen molar-refractivity contribution in [3.05, 3.63) is 12.0 Å². The van der Waals surface area contributed by atoms with Crippen LogP contribution in [0.2, 0.25) is 0 Å². The van der Waals surface area contributed by atoms with Crippen molar-refractivity contribution < 1.29 is 9.13 Å². The van der Waals surface area contributed by atoms with E-state index in [0.717, 1.165) is 25.6 Å². The fourth-order valence-corrected chi connectivity index (χ4v) is 1.32. The van der Waals surface area contributed by atoms with Gasteiger partial charge in [-0.05, 0) is 13.3 Å². The van der Waals surface area contributed by atoms with Crippen LogP contribution in [0.15, 0.2) is 6.20 Å². The molecule has 0 bridgehead atoms. The smallest absolute Gasteiger partial charge is 0.224 e. The molecule has 0 radical (unpaired) electrons. The number of anilines is 2. The summed E-state index contributed by atoms with van der Waals surface area (Å²) >= 11 is 0. The summed E-state index contributed by atoms with van der Waals surface area (Å²) in [6.07, 6.45) is 3.32. The molecular formula is C12H21FN4O. The molecule has 6 heteroatoms. The van der Waals surface area contributed by atoms with E-state index in [1.807, 2.05) is 6.92 Å². The summed E-state index contributed by atoms with van der Waals surface area (Å²) in [6.45, 7) is 6.56. The van der Waals surface area contributed by atoms with Gasteiger partial charge in [-0.25, -0.2) is 9.37 Å². The second-order valence-electron chi connectivity index (χ2n) is 3.81. The molecule has 0 saturated carbocycles. The molecule has 2 N–H and O–H groups in total. The lowest BCUT2D eigenvalue weighted by Crippen LogP contribution is -2.13. The van der Waals surface area contributed by atoms with Gasteiger partial charge < -0.3 is 15.4 Å². The number of unbranched alkanes of at least 4 members (excludes halogenated alkanes) is 1. The summed E-state index contributed by atoms with van der Waals surface area (Å²) in [5.74, 6) is 0.179. The summed E-state index contributed by atoms with van der Waals surface area (Å²) in [5.41, 5.74) is 0. The predicted octanol–water partition coefficient (Wildman–Crippen LogP) is 2.28. The van der Waals surface area contributed by atoms with Gasteiger partial charge in [0.1, 0.15) is 0 Å². The monoisotopic (exact) mass is 256 g/mol. The summed E-state index contributed by atoms with van der Waals surface area (Å²) in [4.78, 5) is 7.86. The predicted molar refractivity (Wildman–Crippen MR) is 70.4 cm³/mol. The van der Waals surface area contributed by atoms with Crippen molar-refractivity contribution in [2.45, 2.75) is 26.7 Å². The minimum Gasteiger partial charge on any atom is -0.380 e. The molecule has 5 nitrogen and oxygen atoms in total. The molecule has 18 heavy (non-hydrogen) atoms. The minimum atomic E-state index is -0.454. The van der Waals surface area contributed by atoms with Gasteiger partial charge in [-0.2, -0.15) is 4.98 Å². The molecule has 0 aliphatic carbocycles. The van der Waals surface area contributed by atoms with Crippen LogP contribution in [-0.4, -0.2) is 36.3 Å². The fourth-order valence-electron chi connectivity index (χ4n) is 1.32. The topological polar surface area (TPSA) is 59.1 Å². The fraction of sp³-hybridized carbons (Fsp3) is 0.667. The third-order valence-electron chi connectivity index (χ3n) is 2.26. The Labute approximate surface area is 107 Å². The van der Waals surface area contributed by atoms with Crippen molar-refractivity contribution in [2.75, 3.05) is 36.9 Å². The number of rotatable bonds is 9. The highest BCUT2D eigenvalue weighted by atomic mass is 19.1. The number of aromatic nitrogens is 2. The van der Waals surface area contributed by atoms with Gasteiger partial charge in [0.2, 0.25) is 5.95 Å². The molecular weight excluding hydrogens is 235 g/mol. The zero-order valence-electron chi connectivity index (χ0n) is 11.0. The summed E-state index contributed by atoms with van der Waals surface area (Å²) in [5, 5.41) is 5.83. The maximum absolute atomic E-state index is 13.4. The molecule has 0 spiro atoms. The Morgan fingerprint density at radius 2 is 2.11 bits per heavy atom. The summed E-state index contributed by atoms with van der Waals surface area (Å²) < 4.78 is 18.8. The molecule has 1 aromatic rings.